The zero-order valence-corrected chi connectivity index (χ0v) is 6.75. The highest BCUT2D eigenvalue weighted by Gasteiger charge is 2.34. The second-order valence-corrected chi connectivity index (χ2v) is 3.70. The summed E-state index contributed by atoms with van der Waals surface area (Å²) in [5.41, 5.74) is 0. The number of rotatable bonds is 1. The number of ether oxygens (including phenoxy) is 1. The molecule has 2 rings (SSSR count). The molecule has 0 aromatic rings. The number of hydrogen-bond acceptors (Lipinski definition) is 1. The Bertz CT molecular complexity index is 168. The summed E-state index contributed by atoms with van der Waals surface area (Å²) in [4.78, 5) is 0. The minimum absolute atomic E-state index is 0.548. The Kier molecular flexibility index (Phi) is 1.87. The molecule has 11 heavy (non-hydrogen) atoms. The van der Waals surface area contributed by atoms with E-state index in [1.807, 2.05) is 0 Å². The third-order valence-electron chi connectivity index (χ3n) is 2.79. The van der Waals surface area contributed by atoms with Crippen molar-refractivity contribution < 1.29 is 4.74 Å². The SMILES string of the molecule is C#CCC1CC2CCC(C1)O2. The maximum absolute atomic E-state index is 5.71. The molecule has 0 spiro atoms. The molecule has 0 N–H and O–H groups in total. The first kappa shape index (κ1) is 7.18. The molecule has 0 amide bonds. The van der Waals surface area contributed by atoms with Crippen molar-refractivity contribution in [1.29, 1.82) is 0 Å². The molecule has 1 nitrogen and oxygen atoms in total. The Labute approximate surface area is 68.1 Å². The zero-order chi connectivity index (χ0) is 7.68. The maximum atomic E-state index is 5.71. The largest absolute Gasteiger partial charge is 0.375 e. The van der Waals surface area contributed by atoms with Crippen LogP contribution in [0.25, 0.3) is 0 Å². The van der Waals surface area contributed by atoms with Gasteiger partial charge in [0.05, 0.1) is 12.2 Å². The molecule has 2 aliphatic heterocycles. The van der Waals surface area contributed by atoms with Crippen LogP contribution in [0.3, 0.4) is 0 Å². The highest BCUT2D eigenvalue weighted by Crippen LogP contribution is 2.36. The van der Waals surface area contributed by atoms with E-state index < -0.39 is 0 Å². The van der Waals surface area contributed by atoms with Crippen molar-refractivity contribution in [2.45, 2.75) is 44.3 Å². The van der Waals surface area contributed by atoms with Gasteiger partial charge in [0.2, 0.25) is 0 Å². The molecule has 2 aliphatic rings. The van der Waals surface area contributed by atoms with E-state index in [9.17, 15) is 0 Å². The standard InChI is InChI=1S/C10H14O/c1-2-3-8-6-9-4-5-10(7-8)11-9/h1,8-10H,3-7H2. The third-order valence-corrected chi connectivity index (χ3v) is 2.79. The fourth-order valence-electron chi connectivity index (χ4n) is 2.30. The van der Waals surface area contributed by atoms with E-state index in [0.29, 0.717) is 12.2 Å². The number of hydrogen-bond donors (Lipinski definition) is 0. The van der Waals surface area contributed by atoms with Crippen molar-refractivity contribution in [2.75, 3.05) is 0 Å². The Morgan fingerprint density at radius 2 is 1.91 bits per heavy atom. The van der Waals surface area contributed by atoms with Crippen LogP contribution in [0.5, 0.6) is 0 Å². The molecule has 2 unspecified atom stereocenters. The molecule has 0 saturated carbocycles. The van der Waals surface area contributed by atoms with Gasteiger partial charge in [-0.15, -0.1) is 12.3 Å². The topological polar surface area (TPSA) is 9.23 Å². The molecular formula is C10H14O. The molecule has 0 aromatic carbocycles. The molecule has 0 aromatic heterocycles. The summed E-state index contributed by atoms with van der Waals surface area (Å²) in [5.74, 6) is 3.51. The summed E-state index contributed by atoms with van der Waals surface area (Å²) in [6.07, 6.45) is 12.3. The van der Waals surface area contributed by atoms with Crippen LogP contribution >= 0.6 is 0 Å². The summed E-state index contributed by atoms with van der Waals surface area (Å²) in [6.45, 7) is 0. The second-order valence-electron chi connectivity index (χ2n) is 3.70. The van der Waals surface area contributed by atoms with Crippen LogP contribution in [0.4, 0.5) is 0 Å². The van der Waals surface area contributed by atoms with E-state index in [1.165, 1.54) is 25.7 Å². The molecule has 2 atom stereocenters. The lowest BCUT2D eigenvalue weighted by Crippen LogP contribution is -2.24. The highest BCUT2D eigenvalue weighted by molar-refractivity contribution is 4.92. The fraction of sp³-hybridized carbons (Fsp3) is 0.800. The smallest absolute Gasteiger partial charge is 0.0582 e. The molecule has 2 heterocycles. The lowest BCUT2D eigenvalue weighted by molar-refractivity contribution is -0.0180. The molecule has 60 valence electrons. The van der Waals surface area contributed by atoms with Gasteiger partial charge in [0.1, 0.15) is 0 Å². The summed E-state index contributed by atoms with van der Waals surface area (Å²) < 4.78 is 5.71. The van der Waals surface area contributed by atoms with Crippen LogP contribution < -0.4 is 0 Å². The van der Waals surface area contributed by atoms with Gasteiger partial charge < -0.3 is 4.74 Å². The van der Waals surface area contributed by atoms with Gasteiger partial charge in [-0.25, -0.2) is 0 Å². The van der Waals surface area contributed by atoms with Gasteiger partial charge in [-0.05, 0) is 31.6 Å². The zero-order valence-electron chi connectivity index (χ0n) is 6.75. The first-order chi connectivity index (χ1) is 5.38. The average molecular weight is 150 g/mol. The first-order valence-electron chi connectivity index (χ1n) is 4.47. The quantitative estimate of drug-likeness (QED) is 0.519. The molecule has 2 saturated heterocycles. The molecule has 2 bridgehead atoms. The molecule has 1 heteroatoms. The van der Waals surface area contributed by atoms with Gasteiger partial charge >= 0.3 is 0 Å². The Morgan fingerprint density at radius 3 is 2.45 bits per heavy atom. The third kappa shape index (κ3) is 1.41. The second kappa shape index (κ2) is 2.87. The van der Waals surface area contributed by atoms with Crippen LogP contribution in [0.1, 0.15) is 32.1 Å². The normalized spacial score (nSPS) is 41.9. The summed E-state index contributed by atoms with van der Waals surface area (Å²) >= 11 is 0. The van der Waals surface area contributed by atoms with E-state index in [4.69, 9.17) is 11.2 Å². The fourth-order valence-corrected chi connectivity index (χ4v) is 2.30. The van der Waals surface area contributed by atoms with E-state index in [-0.39, 0.29) is 0 Å². The first-order valence-corrected chi connectivity index (χ1v) is 4.47. The molecular weight excluding hydrogens is 136 g/mol. The minimum atomic E-state index is 0.548. The van der Waals surface area contributed by atoms with Crippen molar-refractivity contribution in [3.8, 4) is 12.3 Å². The van der Waals surface area contributed by atoms with Gasteiger partial charge in [-0.1, -0.05) is 0 Å². The van der Waals surface area contributed by atoms with Crippen LogP contribution in [-0.4, -0.2) is 12.2 Å². The Hall–Kier alpha value is -0.480. The van der Waals surface area contributed by atoms with Crippen molar-refractivity contribution in [2.24, 2.45) is 5.92 Å². The number of terminal acetylenes is 1. The van der Waals surface area contributed by atoms with Crippen LogP contribution in [0, 0.1) is 18.3 Å². The van der Waals surface area contributed by atoms with E-state index in [1.54, 1.807) is 0 Å². The lowest BCUT2D eigenvalue weighted by atomic mass is 9.93. The Balaban J connectivity index is 1.93. The van der Waals surface area contributed by atoms with Crippen molar-refractivity contribution in [3.63, 3.8) is 0 Å². The minimum Gasteiger partial charge on any atom is -0.375 e. The predicted molar refractivity (Wildman–Crippen MR) is 44.1 cm³/mol. The van der Waals surface area contributed by atoms with Crippen molar-refractivity contribution >= 4 is 0 Å². The monoisotopic (exact) mass is 150 g/mol. The summed E-state index contributed by atoms with van der Waals surface area (Å²) in [7, 11) is 0. The van der Waals surface area contributed by atoms with Crippen molar-refractivity contribution in [3.05, 3.63) is 0 Å². The maximum Gasteiger partial charge on any atom is 0.0582 e. The summed E-state index contributed by atoms with van der Waals surface area (Å²) in [5, 5.41) is 0. The molecule has 0 aliphatic carbocycles. The van der Waals surface area contributed by atoms with Gasteiger partial charge in [-0.3, -0.25) is 0 Å². The predicted octanol–water partition coefficient (Wildman–Crippen LogP) is 1.97. The van der Waals surface area contributed by atoms with Crippen LogP contribution in [0.15, 0.2) is 0 Å². The summed E-state index contributed by atoms with van der Waals surface area (Å²) in [6, 6.07) is 0. The van der Waals surface area contributed by atoms with E-state index >= 15 is 0 Å². The van der Waals surface area contributed by atoms with Gasteiger partial charge in [0.25, 0.3) is 0 Å². The van der Waals surface area contributed by atoms with Gasteiger partial charge in [-0.2, -0.15) is 0 Å². The number of fused-ring (bicyclic) bond motifs is 2. The lowest BCUT2D eigenvalue weighted by Gasteiger charge is -2.26. The van der Waals surface area contributed by atoms with Crippen LogP contribution in [-0.2, 0) is 4.74 Å². The highest BCUT2D eigenvalue weighted by atomic mass is 16.5. The van der Waals surface area contributed by atoms with Crippen LogP contribution in [0.2, 0.25) is 0 Å². The van der Waals surface area contributed by atoms with Gasteiger partial charge in [0.15, 0.2) is 0 Å². The van der Waals surface area contributed by atoms with E-state index in [2.05, 4.69) is 5.92 Å². The van der Waals surface area contributed by atoms with Gasteiger partial charge in [0, 0.05) is 6.42 Å². The van der Waals surface area contributed by atoms with E-state index in [0.717, 1.165) is 12.3 Å². The molecule has 0 radical (unpaired) electrons. The average Bonchev–Trinajstić information content (AvgIpc) is 2.32. The Morgan fingerprint density at radius 1 is 1.27 bits per heavy atom. The van der Waals surface area contributed by atoms with Crippen molar-refractivity contribution in [1.82, 2.24) is 0 Å². The molecule has 2 fully saturated rings.